The summed E-state index contributed by atoms with van der Waals surface area (Å²) in [5.41, 5.74) is 1.33. The van der Waals surface area contributed by atoms with E-state index < -0.39 is 0 Å². The van der Waals surface area contributed by atoms with Crippen LogP contribution in [0.3, 0.4) is 0 Å². The summed E-state index contributed by atoms with van der Waals surface area (Å²) in [4.78, 5) is 0. The van der Waals surface area contributed by atoms with Crippen molar-refractivity contribution in [3.8, 4) is 0 Å². The predicted molar refractivity (Wildman–Crippen MR) is 51.8 cm³/mol. The summed E-state index contributed by atoms with van der Waals surface area (Å²) in [5.74, 6) is 0. The minimum absolute atomic E-state index is 0.542. The van der Waals surface area contributed by atoms with Crippen LogP contribution in [0.15, 0.2) is 12.2 Å². The molecule has 0 aromatic carbocycles. The zero-order chi connectivity index (χ0) is 8.69. The van der Waals surface area contributed by atoms with Gasteiger partial charge in [0.05, 0.1) is 0 Å². The quantitative estimate of drug-likeness (QED) is 0.582. The fourth-order valence-electron chi connectivity index (χ4n) is 1.21. The molecular formula is C10H21N. The molecule has 0 amide bonds. The molecule has 0 heterocycles. The lowest BCUT2D eigenvalue weighted by molar-refractivity contribution is 0.547. The van der Waals surface area contributed by atoms with E-state index in [9.17, 15) is 0 Å². The van der Waals surface area contributed by atoms with Gasteiger partial charge in [0, 0.05) is 6.04 Å². The average Bonchev–Trinajstić information content (AvgIpc) is 2.05. The number of hydrogen-bond donors (Lipinski definition) is 1. The zero-order valence-electron chi connectivity index (χ0n) is 8.11. The van der Waals surface area contributed by atoms with Crippen molar-refractivity contribution in [2.24, 2.45) is 0 Å². The molecule has 0 rings (SSSR count). The van der Waals surface area contributed by atoms with Crippen molar-refractivity contribution in [2.45, 2.75) is 45.6 Å². The van der Waals surface area contributed by atoms with Gasteiger partial charge in [0.2, 0.25) is 0 Å². The number of nitrogens with one attached hydrogen (secondary N) is 1. The predicted octanol–water partition coefficient (Wildman–Crippen LogP) is 2.73. The lowest BCUT2D eigenvalue weighted by atomic mass is 10.0. The summed E-state index contributed by atoms with van der Waals surface area (Å²) < 4.78 is 0. The van der Waals surface area contributed by atoms with Gasteiger partial charge < -0.3 is 5.32 Å². The molecule has 0 aromatic heterocycles. The van der Waals surface area contributed by atoms with Gasteiger partial charge in [0.15, 0.2) is 0 Å². The Balaban J connectivity index is 3.65. The Bertz CT molecular complexity index is 107. The smallest absolute Gasteiger partial charge is 0.0273 e. The van der Waals surface area contributed by atoms with Crippen molar-refractivity contribution in [3.63, 3.8) is 0 Å². The molecule has 1 unspecified atom stereocenters. The molecule has 0 aliphatic carbocycles. The number of hydrogen-bond acceptors (Lipinski definition) is 1. The van der Waals surface area contributed by atoms with Gasteiger partial charge in [-0.2, -0.15) is 0 Å². The maximum absolute atomic E-state index is 4.03. The normalized spacial score (nSPS) is 13.0. The molecule has 0 bridgehead atoms. The highest BCUT2D eigenvalue weighted by molar-refractivity contribution is 5.03. The molecular weight excluding hydrogens is 134 g/mol. The molecule has 1 N–H and O–H groups in total. The number of rotatable bonds is 6. The van der Waals surface area contributed by atoms with Crippen molar-refractivity contribution in [3.05, 3.63) is 12.2 Å². The summed E-state index contributed by atoms with van der Waals surface area (Å²) in [6, 6.07) is 0.542. The van der Waals surface area contributed by atoms with Crippen LogP contribution in [0, 0.1) is 0 Å². The zero-order valence-corrected chi connectivity index (χ0v) is 8.11. The van der Waals surface area contributed by atoms with E-state index in [1.165, 1.54) is 24.8 Å². The fourth-order valence-corrected chi connectivity index (χ4v) is 1.21. The van der Waals surface area contributed by atoms with Gasteiger partial charge in [0.1, 0.15) is 0 Å². The molecule has 1 heteroatoms. The van der Waals surface area contributed by atoms with Gasteiger partial charge in [-0.15, -0.1) is 0 Å². The Morgan fingerprint density at radius 2 is 2.09 bits per heavy atom. The molecule has 0 aromatic rings. The van der Waals surface area contributed by atoms with Crippen molar-refractivity contribution in [2.75, 3.05) is 7.05 Å². The van der Waals surface area contributed by atoms with Crippen molar-refractivity contribution >= 4 is 0 Å². The Hall–Kier alpha value is -0.300. The minimum Gasteiger partial charge on any atom is -0.313 e. The molecule has 0 spiro atoms. The van der Waals surface area contributed by atoms with Gasteiger partial charge in [0.25, 0.3) is 0 Å². The molecule has 0 saturated heterocycles. The number of unbranched alkanes of at least 4 members (excludes halogenated alkanes) is 1. The van der Waals surface area contributed by atoms with E-state index in [4.69, 9.17) is 0 Å². The standard InChI is InChI=1S/C10H21N/c1-5-7-8-10(11-4)9(3)6-2/h10-11H,3,5-8H2,1-2,4H3. The van der Waals surface area contributed by atoms with Crippen LogP contribution in [0.2, 0.25) is 0 Å². The maximum Gasteiger partial charge on any atom is 0.0273 e. The van der Waals surface area contributed by atoms with E-state index >= 15 is 0 Å². The summed E-state index contributed by atoms with van der Waals surface area (Å²) in [6.07, 6.45) is 4.90. The topological polar surface area (TPSA) is 12.0 Å². The second-order valence-electron chi connectivity index (χ2n) is 3.00. The molecule has 1 atom stereocenters. The SMILES string of the molecule is C=C(CC)C(CCCC)NC. The molecule has 0 saturated carbocycles. The second-order valence-corrected chi connectivity index (χ2v) is 3.00. The van der Waals surface area contributed by atoms with Crippen LogP contribution in [0.1, 0.15) is 39.5 Å². The first-order valence-electron chi connectivity index (χ1n) is 4.61. The fraction of sp³-hybridized carbons (Fsp3) is 0.800. The first-order chi connectivity index (χ1) is 5.26. The molecule has 66 valence electrons. The third kappa shape index (κ3) is 4.20. The summed E-state index contributed by atoms with van der Waals surface area (Å²) in [5, 5.41) is 3.29. The summed E-state index contributed by atoms with van der Waals surface area (Å²) >= 11 is 0. The monoisotopic (exact) mass is 155 g/mol. The lowest BCUT2D eigenvalue weighted by Gasteiger charge is -2.17. The van der Waals surface area contributed by atoms with Crippen LogP contribution in [0.25, 0.3) is 0 Å². The molecule has 0 fully saturated rings. The van der Waals surface area contributed by atoms with Gasteiger partial charge in [-0.1, -0.05) is 38.8 Å². The van der Waals surface area contributed by atoms with Crippen LogP contribution in [-0.2, 0) is 0 Å². The first kappa shape index (κ1) is 10.7. The van der Waals surface area contributed by atoms with Crippen molar-refractivity contribution in [1.82, 2.24) is 5.32 Å². The highest BCUT2D eigenvalue weighted by Gasteiger charge is 2.06. The van der Waals surface area contributed by atoms with E-state index in [2.05, 4.69) is 25.7 Å². The average molecular weight is 155 g/mol. The van der Waals surface area contributed by atoms with E-state index in [1.807, 2.05) is 7.05 Å². The minimum atomic E-state index is 0.542. The van der Waals surface area contributed by atoms with E-state index in [0.29, 0.717) is 6.04 Å². The van der Waals surface area contributed by atoms with Gasteiger partial charge in [-0.05, 0) is 19.9 Å². The third-order valence-corrected chi connectivity index (χ3v) is 2.14. The highest BCUT2D eigenvalue weighted by atomic mass is 14.9. The molecule has 0 aliphatic rings. The Kier molecular flexibility index (Phi) is 6.24. The van der Waals surface area contributed by atoms with Crippen LogP contribution >= 0.6 is 0 Å². The van der Waals surface area contributed by atoms with Gasteiger partial charge in [-0.25, -0.2) is 0 Å². The summed E-state index contributed by atoms with van der Waals surface area (Å²) in [6.45, 7) is 8.42. The van der Waals surface area contributed by atoms with Gasteiger partial charge in [-0.3, -0.25) is 0 Å². The molecule has 0 aliphatic heterocycles. The molecule has 1 nitrogen and oxygen atoms in total. The van der Waals surface area contributed by atoms with Crippen LogP contribution in [0.5, 0.6) is 0 Å². The van der Waals surface area contributed by atoms with Crippen molar-refractivity contribution in [1.29, 1.82) is 0 Å². The lowest BCUT2D eigenvalue weighted by Crippen LogP contribution is -2.26. The van der Waals surface area contributed by atoms with E-state index in [0.717, 1.165) is 6.42 Å². The summed E-state index contributed by atoms with van der Waals surface area (Å²) in [7, 11) is 2.02. The Labute approximate surface area is 70.9 Å². The van der Waals surface area contributed by atoms with Crippen molar-refractivity contribution < 1.29 is 0 Å². The van der Waals surface area contributed by atoms with Crippen LogP contribution in [0.4, 0.5) is 0 Å². The first-order valence-corrected chi connectivity index (χ1v) is 4.61. The van der Waals surface area contributed by atoms with E-state index in [1.54, 1.807) is 0 Å². The third-order valence-electron chi connectivity index (χ3n) is 2.14. The maximum atomic E-state index is 4.03. The van der Waals surface area contributed by atoms with E-state index in [-0.39, 0.29) is 0 Å². The van der Waals surface area contributed by atoms with Crippen LogP contribution in [-0.4, -0.2) is 13.1 Å². The number of likely N-dealkylation sites (N-methyl/N-ethyl adjacent to an activating group) is 1. The highest BCUT2D eigenvalue weighted by Crippen LogP contribution is 2.10. The van der Waals surface area contributed by atoms with Crippen LogP contribution < -0.4 is 5.32 Å². The van der Waals surface area contributed by atoms with Gasteiger partial charge >= 0.3 is 0 Å². The molecule has 0 radical (unpaired) electrons. The molecule has 11 heavy (non-hydrogen) atoms. The Morgan fingerprint density at radius 3 is 2.45 bits per heavy atom. The largest absolute Gasteiger partial charge is 0.313 e. The Morgan fingerprint density at radius 1 is 1.45 bits per heavy atom. The second kappa shape index (κ2) is 6.41.